The monoisotopic (exact) mass is 403 g/mol. The topological polar surface area (TPSA) is 155 Å². The highest BCUT2D eigenvalue weighted by molar-refractivity contribution is 5.82. The Kier molecular flexibility index (Phi) is 5.56. The second-order valence-electron chi connectivity index (χ2n) is 6.61. The number of imidazole rings is 1. The zero-order valence-corrected chi connectivity index (χ0v) is 15.2. The first kappa shape index (κ1) is 19.5. The van der Waals surface area contributed by atoms with E-state index < -0.39 is 37.3 Å². The first-order valence-electron chi connectivity index (χ1n) is 9.02. The normalized spacial score (nSPS) is 27.1. The van der Waals surface area contributed by atoms with Gasteiger partial charge in [0.25, 0.3) is 6.29 Å². The molecule has 5 atom stereocenters. The van der Waals surface area contributed by atoms with Crippen molar-refractivity contribution in [2.75, 3.05) is 11.9 Å². The van der Waals surface area contributed by atoms with E-state index in [0.717, 1.165) is 5.56 Å². The largest absolute Gasteiger partial charge is 0.394 e. The fraction of sp³-hybridized carbons (Fsp3) is 0.389. The van der Waals surface area contributed by atoms with E-state index >= 15 is 0 Å². The molecule has 1 aliphatic rings. The van der Waals surface area contributed by atoms with Crippen molar-refractivity contribution < 1.29 is 30.0 Å². The van der Waals surface area contributed by atoms with E-state index in [0.29, 0.717) is 23.5 Å². The van der Waals surface area contributed by atoms with Crippen molar-refractivity contribution in [2.24, 2.45) is 0 Å². The lowest BCUT2D eigenvalue weighted by molar-refractivity contribution is -0.299. The molecular formula is C18H21N5O6. The molecule has 0 aliphatic carbocycles. The third-order valence-corrected chi connectivity index (χ3v) is 4.67. The Bertz CT molecular complexity index is 952. The van der Waals surface area contributed by atoms with Crippen LogP contribution in [-0.4, -0.2) is 77.4 Å². The summed E-state index contributed by atoms with van der Waals surface area (Å²) in [5, 5.41) is 42.4. The number of nitrogens with zero attached hydrogens (tertiary/aromatic N) is 4. The summed E-state index contributed by atoms with van der Waals surface area (Å²) >= 11 is 0. The molecule has 0 amide bonds. The van der Waals surface area contributed by atoms with Crippen LogP contribution in [-0.2, 0) is 11.3 Å². The minimum absolute atomic E-state index is 0.313. The van der Waals surface area contributed by atoms with Crippen LogP contribution in [0.2, 0.25) is 0 Å². The summed E-state index contributed by atoms with van der Waals surface area (Å²) in [6.07, 6.45) is -4.31. The minimum atomic E-state index is -1.54. The highest BCUT2D eigenvalue weighted by atomic mass is 16.8. The Morgan fingerprint density at radius 3 is 2.59 bits per heavy atom. The smallest absolute Gasteiger partial charge is 0.254 e. The number of nitrogens with one attached hydrogen (secondary N) is 1. The minimum Gasteiger partial charge on any atom is -0.394 e. The fourth-order valence-electron chi connectivity index (χ4n) is 3.07. The van der Waals surface area contributed by atoms with Crippen molar-refractivity contribution in [1.29, 1.82) is 0 Å². The van der Waals surface area contributed by atoms with Crippen molar-refractivity contribution in [3.8, 4) is 0 Å². The third-order valence-electron chi connectivity index (χ3n) is 4.67. The molecule has 0 radical (unpaired) electrons. The number of ether oxygens (including phenoxy) is 1. The van der Waals surface area contributed by atoms with Crippen molar-refractivity contribution in [2.45, 2.75) is 37.3 Å². The van der Waals surface area contributed by atoms with Gasteiger partial charge in [-0.25, -0.2) is 15.0 Å². The average Bonchev–Trinajstić information content (AvgIpc) is 3.17. The number of benzene rings is 1. The van der Waals surface area contributed by atoms with Gasteiger partial charge < -0.3 is 35.3 Å². The zero-order valence-electron chi connectivity index (χ0n) is 15.2. The first-order valence-corrected chi connectivity index (χ1v) is 9.02. The van der Waals surface area contributed by atoms with Crippen molar-refractivity contribution in [3.05, 3.63) is 48.5 Å². The number of aliphatic hydroxyl groups excluding tert-OH is 4. The number of anilines is 1. The molecule has 1 saturated heterocycles. The SMILES string of the molecule is OC[C@H]1O[C@H](On2cnc3c(NCc4ccccc4)ncnc32)[C@H](O)[C@@H](O)[C@@H]1O. The van der Waals surface area contributed by atoms with Crippen molar-refractivity contribution in [1.82, 2.24) is 19.7 Å². The molecule has 154 valence electrons. The summed E-state index contributed by atoms with van der Waals surface area (Å²) in [7, 11) is 0. The third kappa shape index (κ3) is 3.86. The lowest BCUT2D eigenvalue weighted by Gasteiger charge is -2.39. The second kappa shape index (κ2) is 8.27. The Balaban J connectivity index is 1.53. The molecule has 1 aliphatic heterocycles. The molecule has 3 heterocycles. The van der Waals surface area contributed by atoms with Crippen LogP contribution in [0.5, 0.6) is 0 Å². The number of rotatable bonds is 6. The van der Waals surface area contributed by atoms with Gasteiger partial charge >= 0.3 is 0 Å². The quantitative estimate of drug-likeness (QED) is 0.334. The van der Waals surface area contributed by atoms with E-state index in [9.17, 15) is 20.4 Å². The lowest BCUT2D eigenvalue weighted by Crippen LogP contribution is -2.61. The standard InChI is InChI=1S/C18H21N5O6/c24-7-11-13(25)14(26)15(27)18(28-11)29-23-9-22-12-16(20-8-21-17(12)23)19-6-10-4-2-1-3-5-10/h1-5,8-9,11,13-15,18,24-27H,6-7H2,(H,19,20,21)/t11-,13-,14+,15-,18-/m1/s1. The molecule has 1 aromatic carbocycles. The van der Waals surface area contributed by atoms with E-state index in [1.54, 1.807) is 0 Å². The predicted molar refractivity (Wildman–Crippen MR) is 99.4 cm³/mol. The van der Waals surface area contributed by atoms with Gasteiger partial charge in [-0.15, -0.1) is 4.73 Å². The molecule has 2 aromatic heterocycles. The summed E-state index contributed by atoms with van der Waals surface area (Å²) in [6.45, 7) is -0.0153. The fourth-order valence-corrected chi connectivity index (χ4v) is 3.07. The van der Waals surface area contributed by atoms with Gasteiger partial charge in [0.2, 0.25) is 5.65 Å². The molecular weight excluding hydrogens is 382 g/mol. The van der Waals surface area contributed by atoms with E-state index in [1.165, 1.54) is 17.4 Å². The summed E-state index contributed by atoms with van der Waals surface area (Å²) in [5.41, 5.74) is 1.82. The Morgan fingerprint density at radius 1 is 1.03 bits per heavy atom. The number of fused-ring (bicyclic) bond motifs is 1. The van der Waals surface area contributed by atoms with Crippen LogP contribution in [0.1, 0.15) is 5.56 Å². The molecule has 0 spiro atoms. The van der Waals surface area contributed by atoms with Crippen LogP contribution < -0.4 is 10.2 Å². The molecule has 5 N–H and O–H groups in total. The molecule has 0 saturated carbocycles. The van der Waals surface area contributed by atoms with Crippen LogP contribution in [0.25, 0.3) is 11.2 Å². The number of hydrogen-bond acceptors (Lipinski definition) is 10. The van der Waals surface area contributed by atoms with E-state index in [2.05, 4.69) is 20.3 Å². The maximum atomic E-state index is 10.1. The highest BCUT2D eigenvalue weighted by Crippen LogP contribution is 2.22. The molecule has 0 bridgehead atoms. The average molecular weight is 403 g/mol. The summed E-state index contributed by atoms with van der Waals surface area (Å²) in [4.78, 5) is 18.2. The van der Waals surface area contributed by atoms with Crippen molar-refractivity contribution in [3.63, 3.8) is 0 Å². The van der Waals surface area contributed by atoms with Crippen LogP contribution in [0.3, 0.4) is 0 Å². The van der Waals surface area contributed by atoms with Crippen molar-refractivity contribution >= 4 is 17.0 Å². The molecule has 4 rings (SSSR count). The van der Waals surface area contributed by atoms with Gasteiger partial charge in [0.05, 0.1) is 6.61 Å². The molecule has 3 aromatic rings. The summed E-state index contributed by atoms with van der Waals surface area (Å²) < 4.78 is 6.53. The number of aromatic nitrogens is 4. The Labute approximate surface area is 165 Å². The molecule has 11 heteroatoms. The lowest BCUT2D eigenvalue weighted by atomic mass is 9.99. The molecule has 29 heavy (non-hydrogen) atoms. The van der Waals surface area contributed by atoms with Gasteiger partial charge in [-0.2, -0.15) is 0 Å². The Morgan fingerprint density at radius 2 is 1.83 bits per heavy atom. The summed E-state index contributed by atoms with van der Waals surface area (Å²) in [5.74, 6) is 0.495. The molecule has 1 fully saturated rings. The maximum Gasteiger partial charge on any atom is 0.254 e. The second-order valence-corrected chi connectivity index (χ2v) is 6.61. The predicted octanol–water partition coefficient (Wildman–Crippen LogP) is -1.33. The van der Waals surface area contributed by atoms with E-state index in [1.807, 2.05) is 30.3 Å². The number of aliphatic hydroxyl groups is 4. The number of hydrogen-bond donors (Lipinski definition) is 5. The van der Waals surface area contributed by atoms with Crippen LogP contribution in [0.4, 0.5) is 5.82 Å². The van der Waals surface area contributed by atoms with Gasteiger partial charge in [0.1, 0.15) is 37.1 Å². The maximum absolute atomic E-state index is 10.1. The van der Waals surface area contributed by atoms with Gasteiger partial charge in [-0.05, 0) is 5.56 Å². The highest BCUT2D eigenvalue weighted by Gasteiger charge is 2.45. The van der Waals surface area contributed by atoms with Gasteiger partial charge in [0, 0.05) is 6.54 Å². The van der Waals surface area contributed by atoms with Crippen LogP contribution in [0.15, 0.2) is 43.0 Å². The molecule has 0 unspecified atom stereocenters. The van der Waals surface area contributed by atoms with Crippen LogP contribution in [0, 0.1) is 0 Å². The van der Waals surface area contributed by atoms with Gasteiger partial charge in [-0.3, -0.25) is 0 Å². The van der Waals surface area contributed by atoms with E-state index in [4.69, 9.17) is 9.57 Å². The zero-order chi connectivity index (χ0) is 20.4. The van der Waals surface area contributed by atoms with Gasteiger partial charge in [0.15, 0.2) is 11.3 Å². The Hall–Kier alpha value is -2.83. The van der Waals surface area contributed by atoms with E-state index in [-0.39, 0.29) is 0 Å². The van der Waals surface area contributed by atoms with Crippen LogP contribution >= 0.6 is 0 Å². The molecule has 11 nitrogen and oxygen atoms in total. The first-order chi connectivity index (χ1) is 14.1. The van der Waals surface area contributed by atoms with Gasteiger partial charge in [-0.1, -0.05) is 30.3 Å². The summed E-state index contributed by atoms with van der Waals surface area (Å²) in [6, 6.07) is 9.77.